The van der Waals surface area contributed by atoms with Gasteiger partial charge in [-0.15, -0.1) is 11.3 Å². The molecule has 1 unspecified atom stereocenters. The number of nitrogens with two attached hydrogens (primary N) is 1. The first-order chi connectivity index (χ1) is 18.6. The standard InChI is InChI=1S/C27H33N7O3S/c28-16-21-19(3-1-4-22(21)29)24-30-25(33-10-13-36-14-11-33)20-15-18(38-26(20)31-24)17-32-6-8-34(9-7-32)27(35)23-5-2-12-37-23/h1,3-4,15-16,23,28H,2,5-14,17,29H2. The fourth-order valence-corrected chi connectivity index (χ4v) is 6.50. The summed E-state index contributed by atoms with van der Waals surface area (Å²) >= 11 is 1.68. The molecule has 10 nitrogen and oxygen atoms in total. The van der Waals surface area contributed by atoms with Gasteiger partial charge in [0.1, 0.15) is 16.8 Å². The van der Waals surface area contributed by atoms with Crippen LogP contribution in [0.4, 0.5) is 11.5 Å². The molecule has 3 aliphatic rings. The normalized spacial score (nSPS) is 20.8. The van der Waals surface area contributed by atoms with E-state index in [1.807, 2.05) is 17.0 Å². The van der Waals surface area contributed by atoms with Gasteiger partial charge in [-0.3, -0.25) is 9.69 Å². The van der Waals surface area contributed by atoms with Gasteiger partial charge in [-0.05, 0) is 25.0 Å². The summed E-state index contributed by atoms with van der Waals surface area (Å²) in [7, 11) is 0. The Morgan fingerprint density at radius 1 is 1.13 bits per heavy atom. The van der Waals surface area contributed by atoms with Crippen LogP contribution in [0.1, 0.15) is 23.3 Å². The van der Waals surface area contributed by atoms with E-state index < -0.39 is 0 Å². The second kappa shape index (κ2) is 10.9. The van der Waals surface area contributed by atoms with E-state index in [1.54, 1.807) is 17.4 Å². The fourth-order valence-electron chi connectivity index (χ4n) is 5.43. The first-order valence-electron chi connectivity index (χ1n) is 13.3. The summed E-state index contributed by atoms with van der Waals surface area (Å²) in [6.07, 6.45) is 2.84. The zero-order chi connectivity index (χ0) is 26.1. The summed E-state index contributed by atoms with van der Waals surface area (Å²) in [6, 6.07) is 7.81. The number of carbonyl (C=O) groups excluding carboxylic acids is 1. The van der Waals surface area contributed by atoms with Gasteiger partial charge >= 0.3 is 0 Å². The maximum Gasteiger partial charge on any atom is 0.251 e. The minimum Gasteiger partial charge on any atom is -0.398 e. The second-order valence-corrected chi connectivity index (χ2v) is 11.1. The lowest BCUT2D eigenvalue weighted by Gasteiger charge is -2.35. The van der Waals surface area contributed by atoms with Gasteiger partial charge in [0.25, 0.3) is 5.91 Å². The SMILES string of the molecule is N=Cc1c(N)cccc1-c1nc(N2CCOCC2)c2cc(CN3CCN(C(=O)C4CCCO4)CC3)sc2n1. The van der Waals surface area contributed by atoms with Crippen LogP contribution >= 0.6 is 11.3 Å². The van der Waals surface area contributed by atoms with Crippen LogP contribution in [-0.4, -0.2) is 97.1 Å². The van der Waals surface area contributed by atoms with Crippen molar-refractivity contribution in [2.24, 2.45) is 0 Å². The number of nitrogens with one attached hydrogen (secondary N) is 1. The van der Waals surface area contributed by atoms with E-state index in [-0.39, 0.29) is 12.0 Å². The molecule has 0 saturated carbocycles. The molecule has 1 atom stereocenters. The van der Waals surface area contributed by atoms with Crippen LogP contribution in [0.5, 0.6) is 0 Å². The molecular formula is C27H33N7O3S. The van der Waals surface area contributed by atoms with Crippen LogP contribution in [0.25, 0.3) is 21.6 Å². The van der Waals surface area contributed by atoms with Crippen molar-refractivity contribution >= 4 is 45.2 Å². The number of nitrogen functional groups attached to an aromatic ring is 1. The summed E-state index contributed by atoms with van der Waals surface area (Å²) in [4.78, 5) is 31.4. The maximum atomic E-state index is 12.7. The number of carbonyl (C=O) groups is 1. The first-order valence-corrected chi connectivity index (χ1v) is 14.1. The number of ether oxygens (including phenoxy) is 2. The minimum atomic E-state index is -0.247. The highest BCUT2D eigenvalue weighted by Gasteiger charge is 2.30. The molecule has 0 aliphatic carbocycles. The average molecular weight is 536 g/mol. The molecule has 6 rings (SSSR count). The Labute approximate surface area is 225 Å². The Balaban J connectivity index is 1.26. The van der Waals surface area contributed by atoms with Crippen molar-refractivity contribution in [1.82, 2.24) is 19.8 Å². The number of morpholine rings is 1. The summed E-state index contributed by atoms with van der Waals surface area (Å²) in [5.74, 6) is 1.63. The molecule has 200 valence electrons. The molecule has 3 fully saturated rings. The highest BCUT2D eigenvalue weighted by molar-refractivity contribution is 7.18. The summed E-state index contributed by atoms with van der Waals surface area (Å²) < 4.78 is 11.2. The van der Waals surface area contributed by atoms with Gasteiger partial charge in [-0.1, -0.05) is 12.1 Å². The number of hydrogen-bond acceptors (Lipinski definition) is 10. The number of amides is 1. The van der Waals surface area contributed by atoms with Gasteiger partial charge in [-0.25, -0.2) is 9.97 Å². The van der Waals surface area contributed by atoms with Crippen LogP contribution < -0.4 is 10.6 Å². The molecule has 3 aromatic rings. The van der Waals surface area contributed by atoms with Gasteiger partial charge in [0, 0.05) is 80.3 Å². The predicted octanol–water partition coefficient (Wildman–Crippen LogP) is 2.60. The summed E-state index contributed by atoms with van der Waals surface area (Å²) in [5.41, 5.74) is 8.10. The van der Waals surface area contributed by atoms with Crippen molar-refractivity contribution in [1.29, 1.82) is 5.41 Å². The third-order valence-corrected chi connectivity index (χ3v) is 8.54. The van der Waals surface area contributed by atoms with E-state index in [4.69, 9.17) is 30.6 Å². The van der Waals surface area contributed by atoms with Crippen molar-refractivity contribution in [3.8, 4) is 11.4 Å². The van der Waals surface area contributed by atoms with Gasteiger partial charge in [0.15, 0.2) is 5.82 Å². The molecular weight excluding hydrogens is 502 g/mol. The van der Waals surface area contributed by atoms with Crippen LogP contribution in [0.15, 0.2) is 24.3 Å². The molecule has 0 radical (unpaired) electrons. The minimum absolute atomic E-state index is 0.146. The Morgan fingerprint density at radius 3 is 2.68 bits per heavy atom. The van der Waals surface area contributed by atoms with E-state index in [2.05, 4.69) is 15.9 Å². The predicted molar refractivity (Wildman–Crippen MR) is 149 cm³/mol. The average Bonchev–Trinajstić information content (AvgIpc) is 3.63. The van der Waals surface area contributed by atoms with Crippen molar-refractivity contribution in [3.63, 3.8) is 0 Å². The number of aromatic nitrogens is 2. The Bertz CT molecular complexity index is 1330. The molecule has 3 aliphatic heterocycles. The molecule has 38 heavy (non-hydrogen) atoms. The van der Waals surface area contributed by atoms with Gasteiger partial charge in [0.05, 0.1) is 18.6 Å². The number of piperazine rings is 1. The van der Waals surface area contributed by atoms with E-state index in [0.29, 0.717) is 36.9 Å². The third-order valence-electron chi connectivity index (χ3n) is 7.53. The molecule has 2 aromatic heterocycles. The van der Waals surface area contributed by atoms with Crippen molar-refractivity contribution in [2.75, 3.05) is 69.7 Å². The van der Waals surface area contributed by atoms with Crippen molar-refractivity contribution in [3.05, 3.63) is 34.7 Å². The number of anilines is 2. The first kappa shape index (κ1) is 25.2. The van der Waals surface area contributed by atoms with E-state index in [1.165, 1.54) is 11.1 Å². The Kier molecular flexibility index (Phi) is 7.24. The van der Waals surface area contributed by atoms with E-state index in [9.17, 15) is 4.79 Å². The largest absolute Gasteiger partial charge is 0.398 e. The van der Waals surface area contributed by atoms with Crippen molar-refractivity contribution in [2.45, 2.75) is 25.5 Å². The van der Waals surface area contributed by atoms with Crippen LogP contribution in [0.3, 0.4) is 0 Å². The molecule has 1 aromatic carbocycles. The number of rotatable bonds is 6. The highest BCUT2D eigenvalue weighted by atomic mass is 32.1. The molecule has 1 amide bonds. The highest BCUT2D eigenvalue weighted by Crippen LogP contribution is 2.35. The van der Waals surface area contributed by atoms with E-state index in [0.717, 1.165) is 80.3 Å². The van der Waals surface area contributed by atoms with Gasteiger partial charge in [0.2, 0.25) is 0 Å². The number of thiophene rings is 1. The third kappa shape index (κ3) is 4.98. The Hall–Kier alpha value is -3.12. The molecule has 3 N–H and O–H groups in total. The molecule has 5 heterocycles. The maximum absolute atomic E-state index is 12.7. The monoisotopic (exact) mass is 535 g/mol. The lowest BCUT2D eigenvalue weighted by atomic mass is 10.1. The van der Waals surface area contributed by atoms with Gasteiger partial charge < -0.3 is 30.4 Å². The van der Waals surface area contributed by atoms with Crippen LogP contribution in [-0.2, 0) is 20.8 Å². The van der Waals surface area contributed by atoms with E-state index >= 15 is 0 Å². The lowest BCUT2D eigenvalue weighted by molar-refractivity contribution is -0.142. The topological polar surface area (TPSA) is 121 Å². The van der Waals surface area contributed by atoms with Gasteiger partial charge in [-0.2, -0.15) is 0 Å². The lowest BCUT2D eigenvalue weighted by Crippen LogP contribution is -2.51. The number of nitrogens with zero attached hydrogens (tertiary/aromatic N) is 5. The molecule has 3 saturated heterocycles. The van der Waals surface area contributed by atoms with Crippen LogP contribution in [0.2, 0.25) is 0 Å². The fraction of sp³-hybridized carbons (Fsp3) is 0.481. The number of benzene rings is 1. The van der Waals surface area contributed by atoms with Crippen LogP contribution in [0, 0.1) is 5.41 Å². The summed E-state index contributed by atoms with van der Waals surface area (Å²) in [6.45, 7) is 7.51. The second-order valence-electron chi connectivity index (χ2n) is 9.96. The molecule has 11 heteroatoms. The van der Waals surface area contributed by atoms with Crippen molar-refractivity contribution < 1.29 is 14.3 Å². The molecule has 0 spiro atoms. The zero-order valence-corrected chi connectivity index (χ0v) is 22.2. The number of hydrogen-bond donors (Lipinski definition) is 2. The number of fused-ring (bicyclic) bond motifs is 1. The smallest absolute Gasteiger partial charge is 0.251 e. The summed E-state index contributed by atoms with van der Waals surface area (Å²) in [5, 5.41) is 8.95. The zero-order valence-electron chi connectivity index (χ0n) is 21.4. The molecule has 0 bridgehead atoms. The Morgan fingerprint density at radius 2 is 1.95 bits per heavy atom. The quantitative estimate of drug-likeness (QED) is 0.365.